The van der Waals surface area contributed by atoms with Crippen LogP contribution in [-0.2, 0) is 17.5 Å². The number of benzene rings is 1. The highest BCUT2D eigenvalue weighted by molar-refractivity contribution is 6.35. The Labute approximate surface area is 168 Å². The maximum Gasteiger partial charge on any atom is 0.433 e. The zero-order chi connectivity index (χ0) is 21.2. The fourth-order valence-electron chi connectivity index (χ4n) is 3.43. The second kappa shape index (κ2) is 8.35. The van der Waals surface area contributed by atoms with E-state index in [4.69, 9.17) is 5.73 Å². The van der Waals surface area contributed by atoms with Crippen LogP contribution in [0.25, 0.3) is 0 Å². The summed E-state index contributed by atoms with van der Waals surface area (Å²) in [6, 6.07) is 7.81. The summed E-state index contributed by atoms with van der Waals surface area (Å²) < 4.78 is 39.3. The number of hydrogen-bond donors (Lipinski definition) is 2. The lowest BCUT2D eigenvalue weighted by Gasteiger charge is -2.22. The molecule has 29 heavy (non-hydrogen) atoms. The molecule has 2 heterocycles. The number of anilines is 2. The Morgan fingerprint density at radius 1 is 1.28 bits per heavy atom. The van der Waals surface area contributed by atoms with Gasteiger partial charge in [0.05, 0.1) is 5.92 Å². The lowest BCUT2D eigenvalue weighted by Crippen LogP contribution is -2.30. The molecule has 2 aromatic rings. The van der Waals surface area contributed by atoms with Gasteiger partial charge in [-0.2, -0.15) is 13.2 Å². The van der Waals surface area contributed by atoms with E-state index in [1.54, 1.807) is 13.0 Å². The van der Waals surface area contributed by atoms with Crippen molar-refractivity contribution in [2.24, 2.45) is 0 Å². The number of alkyl halides is 3. The van der Waals surface area contributed by atoms with Crippen molar-refractivity contribution in [1.82, 2.24) is 10.3 Å². The minimum atomic E-state index is -4.50. The molecule has 0 bridgehead atoms. The summed E-state index contributed by atoms with van der Waals surface area (Å²) >= 11 is 0. The van der Waals surface area contributed by atoms with Gasteiger partial charge in [-0.3, -0.25) is 4.79 Å². The van der Waals surface area contributed by atoms with Crippen LogP contribution in [0.1, 0.15) is 42.5 Å². The summed E-state index contributed by atoms with van der Waals surface area (Å²) in [5.41, 5.74) is 7.87. The van der Waals surface area contributed by atoms with Gasteiger partial charge in [-0.1, -0.05) is 23.7 Å². The Morgan fingerprint density at radius 3 is 2.59 bits per heavy atom. The average Bonchev–Trinajstić information content (AvgIpc) is 3.21. The zero-order valence-electron chi connectivity index (χ0n) is 16.5. The fraction of sp³-hybridized carbons (Fsp3) is 0.400. The Hall–Kier alpha value is -2.71. The molecule has 1 amide bonds. The monoisotopic (exact) mass is 404 g/mol. The van der Waals surface area contributed by atoms with Crippen molar-refractivity contribution in [2.45, 2.75) is 38.4 Å². The maximum atomic E-state index is 13.1. The predicted molar refractivity (Wildman–Crippen MR) is 110 cm³/mol. The molecule has 1 atom stereocenters. The number of aromatic nitrogens is 1. The third kappa shape index (κ3) is 4.83. The summed E-state index contributed by atoms with van der Waals surface area (Å²) in [4.78, 5) is 18.3. The number of carbonyl (C=O) groups is 1. The molecule has 0 saturated carbocycles. The molecular formula is C20H24BF3N4O. The van der Waals surface area contributed by atoms with Gasteiger partial charge in [-0.05, 0) is 37.5 Å². The van der Waals surface area contributed by atoms with Crippen LogP contribution in [0.4, 0.5) is 24.7 Å². The topological polar surface area (TPSA) is 71.2 Å². The summed E-state index contributed by atoms with van der Waals surface area (Å²) in [5, 5.41) is 2.84. The standard InChI is InChI=1S/C20H24BF3N4O/c1-12(13-4-6-16(25)15(21)10-13)19(29)26-11-14-5-7-17(20(22,23)24)27-18(14)28-8-2-3-9-28/h4-7,10,12H,2-3,8-9,11,21,25H2,1H3,(H,26,29). The minimum absolute atomic E-state index is 0.119. The zero-order valence-corrected chi connectivity index (χ0v) is 16.5. The van der Waals surface area contributed by atoms with Crippen LogP contribution < -0.4 is 21.4 Å². The van der Waals surface area contributed by atoms with E-state index < -0.39 is 17.8 Å². The second-order valence-corrected chi connectivity index (χ2v) is 7.43. The Balaban J connectivity index is 1.76. The highest BCUT2D eigenvalue weighted by Gasteiger charge is 2.34. The first-order valence-electron chi connectivity index (χ1n) is 9.62. The van der Waals surface area contributed by atoms with Gasteiger partial charge in [-0.25, -0.2) is 4.98 Å². The molecule has 1 unspecified atom stereocenters. The van der Waals surface area contributed by atoms with E-state index in [9.17, 15) is 18.0 Å². The van der Waals surface area contributed by atoms with Crippen molar-refractivity contribution < 1.29 is 18.0 Å². The first-order valence-corrected chi connectivity index (χ1v) is 9.62. The molecule has 1 saturated heterocycles. The van der Waals surface area contributed by atoms with Gasteiger partial charge < -0.3 is 16.0 Å². The van der Waals surface area contributed by atoms with E-state index in [0.29, 0.717) is 30.2 Å². The van der Waals surface area contributed by atoms with Gasteiger partial charge in [0.1, 0.15) is 19.4 Å². The molecule has 9 heteroatoms. The summed E-state index contributed by atoms with van der Waals surface area (Å²) in [6.07, 6.45) is -2.67. The summed E-state index contributed by atoms with van der Waals surface area (Å²) in [5.74, 6) is -0.318. The number of amides is 1. The molecule has 0 spiro atoms. The van der Waals surface area contributed by atoms with E-state index in [0.717, 1.165) is 29.9 Å². The van der Waals surface area contributed by atoms with Crippen molar-refractivity contribution in [2.75, 3.05) is 23.7 Å². The molecule has 0 radical (unpaired) electrons. The van der Waals surface area contributed by atoms with Crippen molar-refractivity contribution in [3.05, 3.63) is 47.2 Å². The first kappa shape index (κ1) is 21.0. The molecular weight excluding hydrogens is 380 g/mol. The number of halogens is 3. The molecule has 1 aliphatic heterocycles. The lowest BCUT2D eigenvalue weighted by molar-refractivity contribution is -0.141. The maximum absolute atomic E-state index is 13.1. The minimum Gasteiger partial charge on any atom is -0.399 e. The fourth-order valence-corrected chi connectivity index (χ4v) is 3.43. The average molecular weight is 404 g/mol. The van der Waals surface area contributed by atoms with Crippen LogP contribution in [0.3, 0.4) is 0 Å². The van der Waals surface area contributed by atoms with Crippen molar-refractivity contribution in [3.63, 3.8) is 0 Å². The molecule has 5 nitrogen and oxygen atoms in total. The summed E-state index contributed by atoms with van der Waals surface area (Å²) in [7, 11) is 1.87. The Bertz CT molecular complexity index is 898. The Kier molecular flexibility index (Phi) is 6.05. The number of nitrogens with zero attached hydrogens (tertiary/aromatic N) is 2. The van der Waals surface area contributed by atoms with Gasteiger partial charge in [0.25, 0.3) is 0 Å². The summed E-state index contributed by atoms with van der Waals surface area (Å²) in [6.45, 7) is 3.23. The van der Waals surface area contributed by atoms with Gasteiger partial charge in [0, 0.05) is 30.9 Å². The van der Waals surface area contributed by atoms with Crippen molar-refractivity contribution in [1.29, 1.82) is 0 Å². The molecule has 0 aliphatic carbocycles. The van der Waals surface area contributed by atoms with Crippen LogP contribution in [0.5, 0.6) is 0 Å². The molecule has 3 rings (SSSR count). The third-order valence-electron chi connectivity index (χ3n) is 5.29. The van der Waals surface area contributed by atoms with Crippen molar-refractivity contribution in [3.8, 4) is 0 Å². The number of rotatable bonds is 5. The van der Waals surface area contributed by atoms with E-state index >= 15 is 0 Å². The molecule has 1 aromatic carbocycles. The number of hydrogen-bond acceptors (Lipinski definition) is 4. The van der Waals surface area contributed by atoms with Crippen LogP contribution >= 0.6 is 0 Å². The van der Waals surface area contributed by atoms with E-state index in [1.165, 1.54) is 6.07 Å². The van der Waals surface area contributed by atoms with Gasteiger partial charge >= 0.3 is 6.18 Å². The second-order valence-electron chi connectivity index (χ2n) is 7.43. The SMILES string of the molecule is Bc1cc(C(C)C(=O)NCc2ccc(C(F)(F)F)nc2N2CCCC2)ccc1N. The van der Waals surface area contributed by atoms with E-state index in [2.05, 4.69) is 10.3 Å². The number of nitrogen functional groups attached to an aromatic ring is 1. The van der Waals surface area contributed by atoms with E-state index in [1.807, 2.05) is 24.9 Å². The lowest BCUT2D eigenvalue weighted by atomic mass is 9.89. The third-order valence-corrected chi connectivity index (χ3v) is 5.29. The van der Waals surface area contributed by atoms with Crippen molar-refractivity contribution >= 4 is 30.7 Å². The van der Waals surface area contributed by atoms with Gasteiger partial charge in [0.2, 0.25) is 5.91 Å². The molecule has 1 fully saturated rings. The highest BCUT2D eigenvalue weighted by Crippen LogP contribution is 2.31. The van der Waals surface area contributed by atoms with Crippen LogP contribution in [0.2, 0.25) is 0 Å². The van der Waals surface area contributed by atoms with Gasteiger partial charge in [0.15, 0.2) is 0 Å². The molecule has 154 valence electrons. The number of nitrogens with one attached hydrogen (secondary N) is 1. The highest BCUT2D eigenvalue weighted by atomic mass is 19.4. The normalized spacial score (nSPS) is 15.4. The number of pyridine rings is 1. The van der Waals surface area contributed by atoms with Crippen LogP contribution in [0.15, 0.2) is 30.3 Å². The number of nitrogens with two attached hydrogens (primary N) is 1. The largest absolute Gasteiger partial charge is 0.433 e. The quantitative estimate of drug-likeness (QED) is 0.591. The van der Waals surface area contributed by atoms with Gasteiger partial charge in [-0.15, -0.1) is 0 Å². The van der Waals surface area contributed by atoms with Crippen LogP contribution in [-0.4, -0.2) is 31.8 Å². The first-order chi connectivity index (χ1) is 13.7. The molecule has 3 N–H and O–H groups in total. The number of carbonyl (C=O) groups excluding carboxylic acids is 1. The molecule has 1 aliphatic rings. The van der Waals surface area contributed by atoms with E-state index in [-0.39, 0.29) is 12.5 Å². The van der Waals surface area contributed by atoms with Crippen LogP contribution in [0, 0.1) is 0 Å². The Morgan fingerprint density at radius 2 is 1.97 bits per heavy atom. The molecule has 1 aromatic heterocycles. The predicted octanol–water partition coefficient (Wildman–Crippen LogP) is 1.96. The smallest absolute Gasteiger partial charge is 0.399 e.